The van der Waals surface area contributed by atoms with Crippen LogP contribution >= 0.6 is 11.3 Å². The molecule has 2 rings (SSSR count). The third kappa shape index (κ3) is 4.86. The van der Waals surface area contributed by atoms with Crippen molar-refractivity contribution < 1.29 is 9.47 Å². The second kappa shape index (κ2) is 9.12. The highest BCUT2D eigenvalue weighted by Crippen LogP contribution is 2.31. The maximum absolute atomic E-state index is 5.45. The molecule has 130 valence electrons. The van der Waals surface area contributed by atoms with Crippen LogP contribution in [0.3, 0.4) is 0 Å². The van der Waals surface area contributed by atoms with Gasteiger partial charge in [-0.2, -0.15) is 0 Å². The molecule has 0 aliphatic rings. The predicted molar refractivity (Wildman–Crippen MR) is 98.1 cm³/mol. The van der Waals surface area contributed by atoms with Crippen molar-refractivity contribution in [3.8, 4) is 11.5 Å². The van der Waals surface area contributed by atoms with Gasteiger partial charge in [0.05, 0.1) is 27.3 Å². The lowest BCUT2D eigenvalue weighted by Crippen LogP contribution is -2.36. The monoisotopic (exact) mass is 348 g/mol. The lowest BCUT2D eigenvalue weighted by Gasteiger charge is -2.13. The topological polar surface area (TPSA) is 67.8 Å². The zero-order chi connectivity index (χ0) is 17.4. The van der Waals surface area contributed by atoms with E-state index in [1.54, 1.807) is 25.6 Å². The number of ether oxygens (including phenoxy) is 2. The molecule has 0 aliphatic carbocycles. The van der Waals surface area contributed by atoms with E-state index < -0.39 is 0 Å². The Morgan fingerprint density at radius 3 is 2.71 bits per heavy atom. The van der Waals surface area contributed by atoms with Gasteiger partial charge < -0.3 is 20.1 Å². The molecule has 0 fully saturated rings. The molecule has 24 heavy (non-hydrogen) atoms. The Balaban J connectivity index is 2.07. The molecule has 1 heterocycles. The van der Waals surface area contributed by atoms with Gasteiger partial charge in [-0.25, -0.2) is 9.98 Å². The van der Waals surface area contributed by atoms with E-state index in [9.17, 15) is 0 Å². The number of guanidine groups is 1. The minimum atomic E-state index is 0.493. The minimum Gasteiger partial charge on any atom is -0.493 e. The average molecular weight is 348 g/mol. The van der Waals surface area contributed by atoms with Gasteiger partial charge in [-0.05, 0) is 19.9 Å². The number of hydrogen-bond donors (Lipinski definition) is 2. The fraction of sp³-hybridized carbons (Fsp3) is 0.412. The zero-order valence-corrected chi connectivity index (χ0v) is 15.4. The molecule has 0 unspecified atom stereocenters. The normalized spacial score (nSPS) is 11.2. The standard InChI is InChI=1S/C17H24N4O2S/c1-5-18-17(21-11-15-19-9-12(2)24-15)20-10-13-7-6-8-14(22-3)16(13)23-4/h6-9H,5,10-11H2,1-4H3,(H2,18,20,21). The van der Waals surface area contributed by atoms with Crippen molar-refractivity contribution in [1.29, 1.82) is 0 Å². The van der Waals surface area contributed by atoms with Crippen LogP contribution in [-0.2, 0) is 13.1 Å². The van der Waals surface area contributed by atoms with Crippen LogP contribution in [0.15, 0.2) is 29.4 Å². The number of aryl methyl sites for hydroxylation is 1. The molecule has 0 amide bonds. The van der Waals surface area contributed by atoms with E-state index in [2.05, 4.69) is 27.5 Å². The number of aromatic nitrogens is 1. The van der Waals surface area contributed by atoms with E-state index in [1.165, 1.54) is 4.88 Å². The van der Waals surface area contributed by atoms with Crippen molar-refractivity contribution in [3.63, 3.8) is 0 Å². The Labute approximate surface area is 146 Å². The number of benzene rings is 1. The van der Waals surface area contributed by atoms with Crippen molar-refractivity contribution in [3.05, 3.63) is 39.8 Å². The maximum Gasteiger partial charge on any atom is 0.191 e. The molecule has 1 aromatic carbocycles. The number of aliphatic imine (C=N–C) groups is 1. The van der Waals surface area contributed by atoms with Crippen molar-refractivity contribution in [1.82, 2.24) is 15.6 Å². The summed E-state index contributed by atoms with van der Waals surface area (Å²) in [5.74, 6) is 2.17. The van der Waals surface area contributed by atoms with Crippen molar-refractivity contribution in [2.75, 3.05) is 20.8 Å². The third-order valence-corrected chi connectivity index (χ3v) is 4.23. The zero-order valence-electron chi connectivity index (χ0n) is 14.5. The van der Waals surface area contributed by atoms with Crippen LogP contribution in [-0.4, -0.2) is 31.7 Å². The van der Waals surface area contributed by atoms with Gasteiger partial charge in [-0.15, -0.1) is 11.3 Å². The highest BCUT2D eigenvalue weighted by molar-refractivity contribution is 7.11. The second-order valence-corrected chi connectivity index (χ2v) is 6.39. The molecule has 0 saturated carbocycles. The summed E-state index contributed by atoms with van der Waals surface area (Å²) in [7, 11) is 3.27. The van der Waals surface area contributed by atoms with Crippen LogP contribution in [0.25, 0.3) is 0 Å². The molecule has 0 aliphatic heterocycles. The van der Waals surface area contributed by atoms with E-state index in [0.717, 1.165) is 28.8 Å². The summed E-state index contributed by atoms with van der Waals surface area (Å²) >= 11 is 1.68. The van der Waals surface area contributed by atoms with Gasteiger partial charge in [0.1, 0.15) is 5.01 Å². The number of para-hydroxylation sites is 1. The van der Waals surface area contributed by atoms with Gasteiger partial charge >= 0.3 is 0 Å². The number of hydrogen-bond acceptors (Lipinski definition) is 5. The number of rotatable bonds is 7. The van der Waals surface area contributed by atoms with Crippen LogP contribution in [0.5, 0.6) is 11.5 Å². The van der Waals surface area contributed by atoms with Crippen molar-refractivity contribution >= 4 is 17.3 Å². The van der Waals surface area contributed by atoms with Gasteiger partial charge in [0, 0.05) is 23.2 Å². The third-order valence-electron chi connectivity index (χ3n) is 3.31. The lowest BCUT2D eigenvalue weighted by molar-refractivity contribution is 0.352. The summed E-state index contributed by atoms with van der Waals surface area (Å²) in [6.45, 7) is 6.02. The Bertz CT molecular complexity index is 685. The molecule has 1 aromatic heterocycles. The first-order chi connectivity index (χ1) is 11.7. The van der Waals surface area contributed by atoms with Gasteiger partial charge in [-0.1, -0.05) is 12.1 Å². The molecule has 0 radical (unpaired) electrons. The summed E-state index contributed by atoms with van der Waals surface area (Å²) in [5, 5.41) is 7.58. The van der Waals surface area contributed by atoms with Gasteiger partial charge in [0.15, 0.2) is 17.5 Å². The van der Waals surface area contributed by atoms with Crippen LogP contribution in [0.1, 0.15) is 22.4 Å². The summed E-state index contributed by atoms with van der Waals surface area (Å²) in [4.78, 5) is 10.2. The molecule has 0 atom stereocenters. The molecule has 7 heteroatoms. The molecule has 2 N–H and O–H groups in total. The summed E-state index contributed by atoms with van der Waals surface area (Å²) in [5.41, 5.74) is 0.971. The fourth-order valence-electron chi connectivity index (χ4n) is 2.23. The molecule has 0 saturated heterocycles. The van der Waals surface area contributed by atoms with Crippen LogP contribution in [0.4, 0.5) is 0 Å². The van der Waals surface area contributed by atoms with Crippen LogP contribution in [0, 0.1) is 6.92 Å². The Hall–Kier alpha value is -2.28. The maximum atomic E-state index is 5.45. The smallest absolute Gasteiger partial charge is 0.191 e. The Morgan fingerprint density at radius 2 is 2.08 bits per heavy atom. The lowest BCUT2D eigenvalue weighted by atomic mass is 10.2. The van der Waals surface area contributed by atoms with Gasteiger partial charge in [-0.3, -0.25) is 0 Å². The van der Waals surface area contributed by atoms with E-state index in [-0.39, 0.29) is 0 Å². The van der Waals surface area contributed by atoms with E-state index in [1.807, 2.05) is 31.3 Å². The van der Waals surface area contributed by atoms with Gasteiger partial charge in [0.25, 0.3) is 0 Å². The average Bonchev–Trinajstić information content (AvgIpc) is 3.02. The molecular weight excluding hydrogens is 324 g/mol. The molecule has 6 nitrogen and oxygen atoms in total. The summed E-state index contributed by atoms with van der Waals surface area (Å²) in [6.07, 6.45) is 1.88. The number of thiazole rings is 1. The van der Waals surface area contributed by atoms with Crippen molar-refractivity contribution in [2.45, 2.75) is 26.9 Å². The number of methoxy groups -OCH3 is 2. The van der Waals surface area contributed by atoms with Crippen LogP contribution in [0.2, 0.25) is 0 Å². The summed E-state index contributed by atoms with van der Waals surface area (Å²) < 4.78 is 10.8. The van der Waals surface area contributed by atoms with Crippen molar-refractivity contribution in [2.24, 2.45) is 4.99 Å². The minimum absolute atomic E-state index is 0.493. The fourth-order valence-corrected chi connectivity index (χ4v) is 2.95. The first-order valence-electron chi connectivity index (χ1n) is 7.81. The SMILES string of the molecule is CCNC(=NCc1cccc(OC)c1OC)NCc1ncc(C)s1. The summed E-state index contributed by atoms with van der Waals surface area (Å²) in [6, 6.07) is 5.80. The highest BCUT2D eigenvalue weighted by Gasteiger charge is 2.09. The Kier molecular flexibility index (Phi) is 6.87. The van der Waals surface area contributed by atoms with E-state index >= 15 is 0 Å². The Morgan fingerprint density at radius 1 is 1.25 bits per heavy atom. The largest absolute Gasteiger partial charge is 0.493 e. The molecule has 2 aromatic rings. The quantitative estimate of drug-likeness (QED) is 0.595. The van der Waals surface area contributed by atoms with E-state index in [4.69, 9.17) is 9.47 Å². The molecular formula is C17H24N4O2S. The first-order valence-corrected chi connectivity index (χ1v) is 8.63. The number of nitrogens with one attached hydrogen (secondary N) is 2. The molecule has 0 bridgehead atoms. The number of nitrogens with zero attached hydrogens (tertiary/aromatic N) is 2. The van der Waals surface area contributed by atoms with Gasteiger partial charge in [0.2, 0.25) is 0 Å². The highest BCUT2D eigenvalue weighted by atomic mass is 32.1. The van der Waals surface area contributed by atoms with Crippen LogP contribution < -0.4 is 20.1 Å². The first kappa shape index (κ1) is 18.1. The van der Waals surface area contributed by atoms with E-state index in [0.29, 0.717) is 18.8 Å². The predicted octanol–water partition coefficient (Wildman–Crippen LogP) is 2.72. The molecule has 0 spiro atoms. The second-order valence-electron chi connectivity index (χ2n) is 5.07.